The fourth-order valence-electron chi connectivity index (χ4n) is 29.5. The van der Waals surface area contributed by atoms with Crippen LogP contribution in [0.2, 0.25) is 0 Å². The third-order valence-corrected chi connectivity index (χ3v) is 29.1. The average molecular weight is 845 g/mol. The summed E-state index contributed by atoms with van der Waals surface area (Å²) in [7, 11) is 0. The predicted octanol–water partition coefficient (Wildman–Crippen LogP) is 13.5. The Morgan fingerprint density at radius 1 is 0.191 bits per heavy atom. The Bertz CT molecular complexity index is 6310. The molecule has 2 heterocycles. The Balaban J connectivity index is 1.20. The molecule has 0 amide bonds. The van der Waals surface area contributed by atoms with E-state index in [1.165, 1.54) is 21.9 Å². The second-order valence-electron chi connectivity index (χ2n) is 28.0. The van der Waals surface area contributed by atoms with E-state index in [9.17, 15) is 0 Å². The summed E-state index contributed by atoms with van der Waals surface area (Å²) in [5.41, 5.74) is 7.96. The van der Waals surface area contributed by atoms with Crippen LogP contribution in [0.15, 0.2) is 0 Å². The number of aliphatic hydroxyl groups is 1. The van der Waals surface area contributed by atoms with Gasteiger partial charge in [-0.1, -0.05) is 0 Å². The summed E-state index contributed by atoms with van der Waals surface area (Å²) >= 11 is 0. The minimum Gasteiger partial charge on any atom is -0.382 e. The van der Waals surface area contributed by atoms with Crippen molar-refractivity contribution in [3.63, 3.8) is 0 Å². The SMILES string of the molecule is CC12c3c4c5c6c7c8c9c%10c%11c%12c%13c%14c%15c%16c%17c%18c(c1c1c3c3c5c5c%19c6c9c6c9c%10c%13c%10c%13c%14c%17c%14c%17c%18c1c1c3c5c3c(c1%17)c(c%14%13)c(c9%10)c3c%196)C%16(C)C13OC1(C%15%12C)C1(OC1(C47C)C23O)C8%11C. The zero-order chi connectivity index (χ0) is 41.3. The van der Waals surface area contributed by atoms with Crippen molar-refractivity contribution < 1.29 is 14.6 Å². The van der Waals surface area contributed by atoms with Gasteiger partial charge in [-0.15, -0.1) is 0 Å². The van der Waals surface area contributed by atoms with Gasteiger partial charge in [0.05, 0.1) is 27.1 Å². The van der Waals surface area contributed by atoms with Gasteiger partial charge >= 0.3 is 0 Å². The molecule has 0 radical (unpaired) electrons. The Morgan fingerprint density at radius 3 is 0.500 bits per heavy atom. The normalized spacial score (nSPS) is 42.4. The van der Waals surface area contributed by atoms with E-state index in [4.69, 9.17) is 9.47 Å². The van der Waals surface area contributed by atoms with E-state index in [-0.39, 0.29) is 0 Å². The number of rotatable bonds is 0. The number of benzene rings is 15. The molecule has 4 spiro atoms. The molecular weight excluding hydrogens is 829 g/mol. The third-order valence-electron chi connectivity index (χ3n) is 29.1. The molecule has 68 heavy (non-hydrogen) atoms. The maximum Gasteiger partial charge on any atom is 0.149 e. The maximum atomic E-state index is 16.4. The van der Waals surface area contributed by atoms with Gasteiger partial charge in [0.25, 0.3) is 0 Å². The molecular formula is C65H16O3. The Kier molecular flexibility index (Phi) is 1.90. The molecule has 8 unspecified atom stereocenters. The van der Waals surface area contributed by atoms with Crippen LogP contribution >= 0.6 is 0 Å². The molecule has 0 bridgehead atoms. The molecule has 11 aliphatic carbocycles. The summed E-state index contributed by atoms with van der Waals surface area (Å²) in [6.07, 6.45) is 0. The van der Waals surface area contributed by atoms with E-state index in [1.807, 2.05) is 0 Å². The number of hydrogen-bond donors (Lipinski definition) is 1. The highest BCUT2D eigenvalue weighted by Crippen LogP contribution is 3.06. The zero-order valence-corrected chi connectivity index (χ0v) is 36.3. The summed E-state index contributed by atoms with van der Waals surface area (Å²) in [6, 6.07) is 0. The smallest absolute Gasteiger partial charge is 0.149 e. The molecule has 3 fully saturated rings. The van der Waals surface area contributed by atoms with Gasteiger partial charge in [-0.05, 0) is 306 Å². The quantitative estimate of drug-likeness (QED) is 0.122. The molecule has 34 rings (SSSR count). The van der Waals surface area contributed by atoms with E-state index in [0.717, 1.165) is 0 Å². The molecule has 1 saturated carbocycles. The first-order chi connectivity index (χ1) is 33.1. The lowest BCUT2D eigenvalue weighted by Crippen LogP contribution is -2.80. The Labute approximate surface area is 373 Å². The average Bonchev–Trinajstić information content (AvgIpc) is 4.01. The summed E-state index contributed by atoms with van der Waals surface area (Å²) in [5, 5.41) is 80.1. The highest BCUT2D eigenvalue weighted by atomic mass is 16.8. The van der Waals surface area contributed by atoms with Gasteiger partial charge in [0.2, 0.25) is 0 Å². The van der Waals surface area contributed by atoms with E-state index in [1.54, 1.807) is 249 Å². The molecule has 13 aliphatic rings. The van der Waals surface area contributed by atoms with Gasteiger partial charge in [-0.3, -0.25) is 0 Å². The highest BCUT2D eigenvalue weighted by Gasteiger charge is 3.22. The van der Waals surface area contributed by atoms with Crippen molar-refractivity contribution in [3.8, 4) is 0 Å². The number of epoxide rings is 2. The van der Waals surface area contributed by atoms with Gasteiger partial charge < -0.3 is 14.6 Å². The van der Waals surface area contributed by atoms with Crippen molar-refractivity contribution >= 4 is 215 Å². The number of hydrogen-bond acceptors (Lipinski definition) is 3. The summed E-state index contributed by atoms with van der Waals surface area (Å²) < 4.78 is 17.4. The Hall–Kier alpha value is -6.62. The van der Waals surface area contributed by atoms with Gasteiger partial charge in [-0.25, -0.2) is 0 Å². The summed E-state index contributed by atoms with van der Waals surface area (Å²) in [5.74, 6) is 0. The van der Waals surface area contributed by atoms with Crippen LogP contribution in [0.3, 0.4) is 0 Å². The van der Waals surface area contributed by atoms with Crippen LogP contribution in [0, 0.1) is 0 Å². The minimum absolute atomic E-state index is 0.523. The fraction of sp³-hybridized carbons (Fsp3) is 0.231. The van der Waals surface area contributed by atoms with Crippen molar-refractivity contribution in [2.45, 2.75) is 89.7 Å². The van der Waals surface area contributed by atoms with Crippen LogP contribution in [0.25, 0.3) is 215 Å². The lowest BCUT2D eigenvalue weighted by molar-refractivity contribution is -0.179. The summed E-state index contributed by atoms with van der Waals surface area (Å²) in [6.45, 7) is 13.4. The van der Waals surface area contributed by atoms with E-state index in [0.29, 0.717) is 0 Å². The minimum atomic E-state index is -1.36. The van der Waals surface area contributed by atoms with Crippen LogP contribution in [-0.2, 0) is 36.5 Å². The zero-order valence-electron chi connectivity index (χ0n) is 36.3. The van der Waals surface area contributed by atoms with Crippen molar-refractivity contribution in [3.05, 3.63) is 55.6 Å². The van der Waals surface area contributed by atoms with Gasteiger partial charge in [0.1, 0.15) is 28.0 Å². The molecule has 2 aliphatic heterocycles. The maximum absolute atomic E-state index is 16.4. The lowest BCUT2D eigenvalue weighted by atomic mass is 9.37. The van der Waals surface area contributed by atoms with Crippen molar-refractivity contribution in [2.24, 2.45) is 0 Å². The third kappa shape index (κ3) is 1.09. The topological polar surface area (TPSA) is 45.3 Å². The molecule has 2 saturated heterocycles. The van der Waals surface area contributed by atoms with E-state index in [2.05, 4.69) is 34.6 Å². The van der Waals surface area contributed by atoms with Crippen molar-refractivity contribution in [1.29, 1.82) is 0 Å². The van der Waals surface area contributed by atoms with E-state index < -0.39 is 55.1 Å². The fourth-order valence-corrected chi connectivity index (χ4v) is 29.5. The molecule has 0 aromatic heterocycles. The first-order valence-electron chi connectivity index (χ1n) is 26.0. The van der Waals surface area contributed by atoms with Gasteiger partial charge in [0.15, 0.2) is 0 Å². The van der Waals surface area contributed by atoms with Crippen molar-refractivity contribution in [1.82, 2.24) is 0 Å². The number of ether oxygens (including phenoxy) is 2. The highest BCUT2D eigenvalue weighted by molar-refractivity contribution is 6.77. The second kappa shape index (κ2) is 5.05. The molecule has 8 atom stereocenters. The van der Waals surface area contributed by atoms with Crippen LogP contribution in [0.1, 0.15) is 90.3 Å². The van der Waals surface area contributed by atoms with Crippen LogP contribution in [-0.4, -0.2) is 33.1 Å². The molecule has 21 aromatic rings. The van der Waals surface area contributed by atoms with Gasteiger partial charge in [-0.2, -0.15) is 0 Å². The first-order valence-corrected chi connectivity index (χ1v) is 26.0. The predicted molar refractivity (Wildman–Crippen MR) is 268 cm³/mol. The molecule has 21 aromatic carbocycles. The first kappa shape index (κ1) is 25.7. The van der Waals surface area contributed by atoms with Crippen LogP contribution < -0.4 is 0 Å². The Morgan fingerprint density at radius 2 is 0.324 bits per heavy atom. The largest absolute Gasteiger partial charge is 0.382 e. The van der Waals surface area contributed by atoms with Crippen LogP contribution in [0.4, 0.5) is 0 Å². The van der Waals surface area contributed by atoms with Crippen LogP contribution in [0.5, 0.6) is 0 Å². The molecule has 294 valence electrons. The summed E-state index contributed by atoms with van der Waals surface area (Å²) in [4.78, 5) is 0. The lowest BCUT2D eigenvalue weighted by Gasteiger charge is -2.65. The standard InChI is InChI=1S/C65H16O3/c1-56-46-36-26-16-11-6-7-9-10-8(6)13-20-18(11)28(26)38-40-30(20)32-22(13)24-15(10)25-23-14(9)21-19-12(7)17(16)27-29(19)39-41-31(21)33(23)43-45-35(25)34(24)44-42(32)52-50(40)57(2,48(38)46)62-61(56,66)63-58(3,49(39)47(56)37(27)36)51(41)53(43)60(5)55(45)54(44)59(52,4)64(62,67-62)65(60,63)68-63/h66H,1-5H3. The second-order valence-corrected chi connectivity index (χ2v) is 28.0. The molecule has 3 heteroatoms. The van der Waals surface area contributed by atoms with Gasteiger partial charge in [0, 0.05) is 0 Å². The molecule has 3 nitrogen and oxygen atoms in total. The van der Waals surface area contributed by atoms with E-state index >= 15 is 5.11 Å². The van der Waals surface area contributed by atoms with Crippen molar-refractivity contribution in [2.75, 3.05) is 0 Å². The molecule has 1 N–H and O–H groups in total. The monoisotopic (exact) mass is 844 g/mol.